The lowest BCUT2D eigenvalue weighted by atomic mass is 10.1. The van der Waals surface area contributed by atoms with Crippen LogP contribution in [0.15, 0.2) is 48.5 Å². The SMILES string of the molecule is OC(CNCc1cccc(F)c1)c1ccc(OC(F)F)cc1. The van der Waals surface area contributed by atoms with Crippen LogP contribution >= 0.6 is 0 Å². The third kappa shape index (κ3) is 5.05. The molecule has 6 heteroatoms. The number of halogens is 3. The topological polar surface area (TPSA) is 41.5 Å². The first-order valence-electron chi connectivity index (χ1n) is 6.72. The van der Waals surface area contributed by atoms with Crippen LogP contribution in [0.3, 0.4) is 0 Å². The van der Waals surface area contributed by atoms with Crippen LogP contribution in [0.2, 0.25) is 0 Å². The van der Waals surface area contributed by atoms with Crippen LogP contribution in [0, 0.1) is 5.82 Å². The quantitative estimate of drug-likeness (QED) is 0.825. The van der Waals surface area contributed by atoms with Crippen molar-refractivity contribution in [2.45, 2.75) is 19.3 Å². The number of benzene rings is 2. The Labute approximate surface area is 126 Å². The largest absolute Gasteiger partial charge is 0.435 e. The number of nitrogens with one attached hydrogen (secondary N) is 1. The molecule has 0 spiro atoms. The minimum atomic E-state index is -2.87. The monoisotopic (exact) mass is 311 g/mol. The number of hydrogen-bond donors (Lipinski definition) is 2. The average molecular weight is 311 g/mol. The fourth-order valence-corrected chi connectivity index (χ4v) is 1.99. The van der Waals surface area contributed by atoms with Gasteiger partial charge in [0, 0.05) is 13.1 Å². The van der Waals surface area contributed by atoms with Crippen molar-refractivity contribution >= 4 is 0 Å². The molecule has 1 atom stereocenters. The molecule has 3 nitrogen and oxygen atoms in total. The predicted octanol–water partition coefficient (Wildman–Crippen LogP) is 3.25. The fraction of sp³-hybridized carbons (Fsp3) is 0.250. The molecule has 2 aromatic rings. The van der Waals surface area contributed by atoms with Crippen molar-refractivity contribution in [2.75, 3.05) is 6.54 Å². The molecule has 0 aromatic heterocycles. The van der Waals surface area contributed by atoms with Crippen molar-refractivity contribution in [3.8, 4) is 5.75 Å². The molecule has 0 fully saturated rings. The Balaban J connectivity index is 1.83. The van der Waals surface area contributed by atoms with E-state index in [-0.39, 0.29) is 18.1 Å². The molecule has 0 saturated carbocycles. The van der Waals surface area contributed by atoms with E-state index in [4.69, 9.17) is 0 Å². The van der Waals surface area contributed by atoms with Crippen LogP contribution in [-0.4, -0.2) is 18.3 Å². The number of aliphatic hydroxyl groups excluding tert-OH is 1. The summed E-state index contributed by atoms with van der Waals surface area (Å²) in [5.74, 6) is -0.270. The average Bonchev–Trinajstić information content (AvgIpc) is 2.47. The molecule has 22 heavy (non-hydrogen) atoms. The Bertz CT molecular complexity index is 590. The van der Waals surface area contributed by atoms with Gasteiger partial charge in [-0.15, -0.1) is 0 Å². The van der Waals surface area contributed by atoms with E-state index in [9.17, 15) is 18.3 Å². The van der Waals surface area contributed by atoms with E-state index in [1.54, 1.807) is 12.1 Å². The van der Waals surface area contributed by atoms with Crippen LogP contribution in [-0.2, 0) is 6.54 Å². The molecule has 118 valence electrons. The second-order valence-corrected chi connectivity index (χ2v) is 4.72. The molecule has 0 aliphatic carbocycles. The van der Waals surface area contributed by atoms with Gasteiger partial charge in [-0.1, -0.05) is 24.3 Å². The summed E-state index contributed by atoms with van der Waals surface area (Å²) >= 11 is 0. The Hall–Kier alpha value is -2.05. The van der Waals surface area contributed by atoms with Gasteiger partial charge in [0.05, 0.1) is 6.10 Å². The Morgan fingerprint density at radius 2 is 1.82 bits per heavy atom. The van der Waals surface area contributed by atoms with Gasteiger partial charge < -0.3 is 15.2 Å². The molecule has 0 radical (unpaired) electrons. The Morgan fingerprint density at radius 1 is 1.09 bits per heavy atom. The predicted molar refractivity (Wildman–Crippen MR) is 76.1 cm³/mol. The minimum Gasteiger partial charge on any atom is -0.435 e. The Morgan fingerprint density at radius 3 is 2.45 bits per heavy atom. The van der Waals surface area contributed by atoms with Crippen LogP contribution < -0.4 is 10.1 Å². The van der Waals surface area contributed by atoms with Gasteiger partial charge in [0.2, 0.25) is 0 Å². The number of aliphatic hydroxyl groups is 1. The normalized spacial score (nSPS) is 12.4. The van der Waals surface area contributed by atoms with Gasteiger partial charge in [-0.05, 0) is 35.4 Å². The van der Waals surface area contributed by atoms with Crippen molar-refractivity contribution in [1.82, 2.24) is 5.32 Å². The summed E-state index contributed by atoms with van der Waals surface area (Å²) in [6.07, 6.45) is -0.797. The third-order valence-electron chi connectivity index (χ3n) is 3.05. The van der Waals surface area contributed by atoms with Gasteiger partial charge in [-0.25, -0.2) is 4.39 Å². The second-order valence-electron chi connectivity index (χ2n) is 4.72. The Kier molecular flexibility index (Phi) is 5.80. The highest BCUT2D eigenvalue weighted by atomic mass is 19.3. The van der Waals surface area contributed by atoms with Gasteiger partial charge >= 0.3 is 6.61 Å². The molecule has 2 N–H and O–H groups in total. The lowest BCUT2D eigenvalue weighted by molar-refractivity contribution is -0.0498. The molecule has 0 aliphatic rings. The van der Waals surface area contributed by atoms with E-state index in [0.29, 0.717) is 12.1 Å². The lowest BCUT2D eigenvalue weighted by Gasteiger charge is -2.13. The van der Waals surface area contributed by atoms with Crippen LogP contribution in [0.25, 0.3) is 0 Å². The molecule has 1 unspecified atom stereocenters. The third-order valence-corrected chi connectivity index (χ3v) is 3.05. The summed E-state index contributed by atoms with van der Waals surface area (Å²) in [5, 5.41) is 13.0. The molecule has 0 aliphatic heterocycles. The van der Waals surface area contributed by atoms with E-state index in [0.717, 1.165) is 5.56 Å². The summed E-state index contributed by atoms with van der Waals surface area (Å²) in [7, 11) is 0. The highest BCUT2D eigenvalue weighted by Crippen LogP contribution is 2.19. The van der Waals surface area contributed by atoms with Crippen molar-refractivity contribution in [1.29, 1.82) is 0 Å². The van der Waals surface area contributed by atoms with Gasteiger partial charge in [-0.2, -0.15) is 8.78 Å². The van der Waals surface area contributed by atoms with Crippen molar-refractivity contribution in [3.05, 3.63) is 65.5 Å². The van der Waals surface area contributed by atoms with E-state index >= 15 is 0 Å². The summed E-state index contributed by atoms with van der Waals surface area (Å²) < 4.78 is 41.3. The maximum Gasteiger partial charge on any atom is 0.387 e. The standard InChI is InChI=1S/C16H16F3NO2/c17-13-3-1-2-11(8-13)9-20-10-15(21)12-4-6-14(7-5-12)22-16(18)19/h1-8,15-16,20-21H,9-10H2. The van der Waals surface area contributed by atoms with Crippen LogP contribution in [0.5, 0.6) is 5.75 Å². The zero-order valence-electron chi connectivity index (χ0n) is 11.7. The molecule has 0 bridgehead atoms. The van der Waals surface area contributed by atoms with E-state index in [2.05, 4.69) is 10.1 Å². The zero-order valence-corrected chi connectivity index (χ0v) is 11.7. The fourth-order valence-electron chi connectivity index (χ4n) is 1.99. The summed E-state index contributed by atoms with van der Waals surface area (Å²) in [6.45, 7) is -2.20. The smallest absolute Gasteiger partial charge is 0.387 e. The van der Waals surface area contributed by atoms with Crippen LogP contribution in [0.1, 0.15) is 17.2 Å². The number of alkyl halides is 2. The maximum absolute atomic E-state index is 13.0. The van der Waals surface area contributed by atoms with Crippen molar-refractivity contribution in [2.24, 2.45) is 0 Å². The maximum atomic E-state index is 13.0. The number of ether oxygens (including phenoxy) is 1. The molecule has 0 heterocycles. The lowest BCUT2D eigenvalue weighted by Crippen LogP contribution is -2.21. The molecule has 0 amide bonds. The van der Waals surface area contributed by atoms with E-state index < -0.39 is 12.7 Å². The highest BCUT2D eigenvalue weighted by molar-refractivity contribution is 5.28. The molecular weight excluding hydrogens is 295 g/mol. The minimum absolute atomic E-state index is 0.0404. The van der Waals surface area contributed by atoms with Crippen LogP contribution in [0.4, 0.5) is 13.2 Å². The van der Waals surface area contributed by atoms with E-state index in [1.807, 2.05) is 0 Å². The highest BCUT2D eigenvalue weighted by Gasteiger charge is 2.09. The van der Waals surface area contributed by atoms with Crippen molar-refractivity contribution < 1.29 is 23.0 Å². The number of rotatable bonds is 7. The summed E-state index contributed by atoms with van der Waals surface area (Å²) in [5.41, 5.74) is 1.35. The van der Waals surface area contributed by atoms with Gasteiger partial charge in [-0.3, -0.25) is 0 Å². The number of hydrogen-bond acceptors (Lipinski definition) is 3. The van der Waals surface area contributed by atoms with Gasteiger partial charge in [0.15, 0.2) is 0 Å². The summed E-state index contributed by atoms with van der Waals surface area (Å²) in [6, 6.07) is 12.0. The van der Waals surface area contributed by atoms with Crippen molar-refractivity contribution in [3.63, 3.8) is 0 Å². The first-order chi connectivity index (χ1) is 10.5. The molecule has 2 aromatic carbocycles. The zero-order chi connectivity index (χ0) is 15.9. The molecular formula is C16H16F3NO2. The summed E-state index contributed by atoms with van der Waals surface area (Å²) in [4.78, 5) is 0. The van der Waals surface area contributed by atoms with Gasteiger partial charge in [0.25, 0.3) is 0 Å². The van der Waals surface area contributed by atoms with Gasteiger partial charge in [0.1, 0.15) is 11.6 Å². The van der Waals surface area contributed by atoms with E-state index in [1.165, 1.54) is 36.4 Å². The molecule has 2 rings (SSSR count). The molecule has 0 saturated heterocycles. The first-order valence-corrected chi connectivity index (χ1v) is 6.72. The first kappa shape index (κ1) is 16.3. The second kappa shape index (κ2) is 7.82.